The molecule has 1 aliphatic heterocycles. The van der Waals surface area contributed by atoms with Gasteiger partial charge in [-0.2, -0.15) is 0 Å². The van der Waals surface area contributed by atoms with Crippen LogP contribution in [0.2, 0.25) is 0 Å². The summed E-state index contributed by atoms with van der Waals surface area (Å²) < 4.78 is 28.8. The molecule has 1 atom stereocenters. The fraction of sp³-hybridized carbons (Fsp3) is 0.188. The molecule has 22 heavy (non-hydrogen) atoms. The third-order valence-corrected chi connectivity index (χ3v) is 3.43. The van der Waals surface area contributed by atoms with Crippen LogP contribution < -0.4 is 5.73 Å². The Morgan fingerprint density at radius 2 is 1.50 bits per heavy atom. The Morgan fingerprint density at radius 1 is 0.955 bits per heavy atom. The molecular formula is C16H15F3N2Y-2. The molecular weight excluding hydrogens is 366 g/mol. The van der Waals surface area contributed by atoms with Gasteiger partial charge in [0.05, 0.1) is 0 Å². The number of hydrogen-bond acceptors (Lipinski definition) is 1. The van der Waals surface area contributed by atoms with Crippen LogP contribution in [0.1, 0.15) is 16.7 Å². The van der Waals surface area contributed by atoms with E-state index in [4.69, 9.17) is 5.73 Å². The second-order valence-corrected chi connectivity index (χ2v) is 4.75. The van der Waals surface area contributed by atoms with E-state index in [2.05, 4.69) is 35.6 Å². The van der Waals surface area contributed by atoms with E-state index >= 15 is 0 Å². The Labute approximate surface area is 153 Å². The minimum Gasteiger partial charge on any atom is -0.656 e. The number of rotatable bonds is 1. The Kier molecular flexibility index (Phi) is 7.70. The Hall–Kier alpha value is -0.746. The summed E-state index contributed by atoms with van der Waals surface area (Å²) in [6.45, 7) is -1.64. The minimum absolute atomic E-state index is 0. The molecule has 1 unspecified atom stereocenters. The van der Waals surface area contributed by atoms with Crippen LogP contribution >= 0.6 is 0 Å². The van der Waals surface area contributed by atoms with E-state index in [0.717, 1.165) is 12.1 Å². The SMILES string of the molecule is F[C-](F)F.NC1(c2ccccc2)C[N-]Cc2ccccc21.[Y]. The van der Waals surface area contributed by atoms with Gasteiger partial charge in [-0.15, -0.1) is 13.1 Å². The van der Waals surface area contributed by atoms with Crippen molar-refractivity contribution < 1.29 is 45.9 Å². The smallest absolute Gasteiger partial charge is 0.154 e. The fourth-order valence-electron chi connectivity index (χ4n) is 2.51. The van der Waals surface area contributed by atoms with Crippen molar-refractivity contribution in [3.63, 3.8) is 0 Å². The Bertz CT molecular complexity index is 578. The Morgan fingerprint density at radius 3 is 2.14 bits per heavy atom. The van der Waals surface area contributed by atoms with Crippen LogP contribution in [0.4, 0.5) is 13.2 Å². The fourth-order valence-corrected chi connectivity index (χ4v) is 2.51. The summed E-state index contributed by atoms with van der Waals surface area (Å²) in [7, 11) is 0. The molecule has 1 aliphatic rings. The molecule has 3 rings (SSSR count). The molecule has 0 spiro atoms. The maximum atomic E-state index is 9.58. The molecule has 2 N–H and O–H groups in total. The van der Waals surface area contributed by atoms with E-state index in [0.29, 0.717) is 6.54 Å². The molecule has 0 saturated carbocycles. The topological polar surface area (TPSA) is 40.1 Å². The van der Waals surface area contributed by atoms with Crippen molar-refractivity contribution in [2.75, 3.05) is 6.54 Å². The summed E-state index contributed by atoms with van der Waals surface area (Å²) in [5.41, 5.74) is 9.72. The van der Waals surface area contributed by atoms with E-state index in [9.17, 15) is 13.2 Å². The van der Waals surface area contributed by atoms with Crippen molar-refractivity contribution >= 4 is 0 Å². The van der Waals surface area contributed by atoms with Crippen LogP contribution in [0.5, 0.6) is 0 Å². The molecule has 0 aromatic heterocycles. The predicted molar refractivity (Wildman–Crippen MR) is 76.3 cm³/mol. The van der Waals surface area contributed by atoms with E-state index in [1.165, 1.54) is 11.1 Å². The van der Waals surface area contributed by atoms with Gasteiger partial charge < -0.3 is 24.2 Å². The van der Waals surface area contributed by atoms with Gasteiger partial charge in [-0.1, -0.05) is 60.2 Å². The molecule has 2 aromatic carbocycles. The van der Waals surface area contributed by atoms with E-state index in [1.807, 2.05) is 24.3 Å². The summed E-state index contributed by atoms with van der Waals surface area (Å²) >= 11 is 0. The average Bonchev–Trinajstić information content (AvgIpc) is 2.48. The molecule has 0 saturated heterocycles. The van der Waals surface area contributed by atoms with E-state index < -0.39 is 12.2 Å². The number of benzene rings is 2. The normalized spacial score (nSPS) is 19.5. The van der Waals surface area contributed by atoms with Crippen LogP contribution in [-0.2, 0) is 44.8 Å². The molecule has 115 valence electrons. The maximum absolute atomic E-state index is 9.58. The molecule has 1 radical (unpaired) electrons. The molecule has 0 aliphatic carbocycles. The second-order valence-electron chi connectivity index (χ2n) is 4.75. The van der Waals surface area contributed by atoms with Crippen LogP contribution in [-0.4, -0.2) is 6.54 Å². The van der Waals surface area contributed by atoms with Crippen molar-refractivity contribution in [3.05, 3.63) is 83.3 Å². The van der Waals surface area contributed by atoms with Gasteiger partial charge >= 0.3 is 0 Å². The van der Waals surface area contributed by atoms with Gasteiger partial charge in [-0.3, -0.25) is 0 Å². The van der Waals surface area contributed by atoms with Crippen LogP contribution in [0.25, 0.3) is 5.32 Å². The molecule has 0 bridgehead atoms. The minimum atomic E-state index is -3.08. The van der Waals surface area contributed by atoms with E-state index in [-0.39, 0.29) is 32.7 Å². The van der Waals surface area contributed by atoms with Crippen LogP contribution in [0, 0.1) is 6.68 Å². The summed E-state index contributed by atoms with van der Waals surface area (Å²) in [5.74, 6) is 0. The zero-order valence-electron chi connectivity index (χ0n) is 11.8. The molecule has 0 amide bonds. The van der Waals surface area contributed by atoms with Gasteiger partial charge in [0.2, 0.25) is 0 Å². The van der Waals surface area contributed by atoms with E-state index in [1.54, 1.807) is 0 Å². The average molecular weight is 381 g/mol. The predicted octanol–water partition coefficient (Wildman–Crippen LogP) is 4.12. The first-order chi connectivity index (χ1) is 10.0. The van der Waals surface area contributed by atoms with Crippen molar-refractivity contribution in [1.82, 2.24) is 0 Å². The zero-order chi connectivity index (χ0) is 15.3. The van der Waals surface area contributed by atoms with Crippen molar-refractivity contribution in [2.45, 2.75) is 12.1 Å². The first kappa shape index (κ1) is 19.3. The molecule has 2 aromatic rings. The first-order valence-corrected chi connectivity index (χ1v) is 6.43. The quantitative estimate of drug-likeness (QED) is 0.742. The third-order valence-electron chi connectivity index (χ3n) is 3.43. The van der Waals surface area contributed by atoms with Gasteiger partial charge in [0.1, 0.15) is 0 Å². The molecule has 2 nitrogen and oxygen atoms in total. The van der Waals surface area contributed by atoms with Gasteiger partial charge in [0.25, 0.3) is 0 Å². The maximum Gasteiger partial charge on any atom is 0.154 e. The second kappa shape index (κ2) is 8.77. The zero-order valence-corrected chi connectivity index (χ0v) is 14.7. The third kappa shape index (κ3) is 4.62. The molecule has 0 fully saturated rings. The summed E-state index contributed by atoms with van der Waals surface area (Å²) in [6, 6.07) is 18.6. The van der Waals surface area contributed by atoms with Crippen LogP contribution in [0.15, 0.2) is 54.6 Å². The number of nitrogens with zero attached hydrogens (tertiary/aromatic N) is 1. The number of halogens is 3. The number of nitrogens with two attached hydrogens (primary N) is 1. The molecule has 1 heterocycles. The van der Waals surface area contributed by atoms with Crippen LogP contribution in [0.3, 0.4) is 0 Å². The van der Waals surface area contributed by atoms with Gasteiger partial charge in [-0.25, -0.2) is 0 Å². The van der Waals surface area contributed by atoms with Crippen molar-refractivity contribution in [2.24, 2.45) is 5.73 Å². The molecule has 6 heteroatoms. The summed E-state index contributed by atoms with van der Waals surface area (Å²) in [6.07, 6.45) is 0. The van der Waals surface area contributed by atoms with Gasteiger partial charge in [0, 0.05) is 38.2 Å². The number of fused-ring (bicyclic) bond motifs is 1. The van der Waals surface area contributed by atoms with Gasteiger partial charge in [0.15, 0.2) is 6.68 Å². The summed E-state index contributed by atoms with van der Waals surface area (Å²) in [4.78, 5) is 0. The van der Waals surface area contributed by atoms with Gasteiger partial charge in [-0.05, 0) is 11.1 Å². The standard InChI is InChI=1S/C15H15N2.CF3.Y/c16-15(13-7-2-1-3-8-13)11-17-10-12-6-4-5-9-14(12)15;2-1(3)4;/h1-9H,10-11,16H2;;/q2*-1;. The summed E-state index contributed by atoms with van der Waals surface area (Å²) in [5, 5.41) is 4.52. The first-order valence-electron chi connectivity index (χ1n) is 6.43. The van der Waals surface area contributed by atoms with Crippen molar-refractivity contribution in [1.29, 1.82) is 0 Å². The number of hydrogen-bond donors (Lipinski definition) is 1. The largest absolute Gasteiger partial charge is 0.656 e. The van der Waals surface area contributed by atoms with Crippen molar-refractivity contribution in [3.8, 4) is 0 Å². The monoisotopic (exact) mass is 381 g/mol. The Balaban J connectivity index is 0.000000436.